The molecule has 1 heteroatoms. The van der Waals surface area contributed by atoms with E-state index in [9.17, 15) is 5.11 Å². The van der Waals surface area contributed by atoms with Crippen LogP contribution in [-0.4, -0.2) is 11.2 Å². The van der Waals surface area contributed by atoms with Crippen LogP contribution in [0.3, 0.4) is 0 Å². The molecule has 4 aliphatic carbocycles. The summed E-state index contributed by atoms with van der Waals surface area (Å²) in [6.45, 7) is 5.11. The van der Waals surface area contributed by atoms with Crippen LogP contribution in [0, 0.1) is 34.5 Å². The summed E-state index contributed by atoms with van der Waals surface area (Å²) in [6, 6.07) is 0. The molecule has 0 heterocycles. The van der Waals surface area contributed by atoms with Crippen molar-refractivity contribution in [1.82, 2.24) is 0 Å². The first kappa shape index (κ1) is 13.6. The molecule has 0 radical (unpaired) electrons. The number of rotatable bonds is 0. The van der Waals surface area contributed by atoms with E-state index in [4.69, 9.17) is 0 Å². The molecule has 0 bridgehead atoms. The third-order valence-corrected chi connectivity index (χ3v) is 8.37. The minimum atomic E-state index is 0.00417. The fraction of sp³-hybridized carbons (Fsp3) is 1.00. The molecule has 0 amide bonds. The van der Waals surface area contributed by atoms with Crippen LogP contribution in [0.2, 0.25) is 0 Å². The zero-order valence-corrected chi connectivity index (χ0v) is 13.4. The van der Waals surface area contributed by atoms with Gasteiger partial charge < -0.3 is 5.11 Å². The maximum absolute atomic E-state index is 10.8. The highest BCUT2D eigenvalue weighted by atomic mass is 16.3. The number of aliphatic hydroxyl groups is 1. The van der Waals surface area contributed by atoms with E-state index in [0.29, 0.717) is 16.7 Å². The van der Waals surface area contributed by atoms with Crippen LogP contribution in [0.4, 0.5) is 0 Å². The molecule has 4 aliphatic rings. The van der Waals surface area contributed by atoms with Crippen LogP contribution in [0.15, 0.2) is 0 Å². The molecule has 0 aromatic carbocycles. The van der Waals surface area contributed by atoms with E-state index in [-0.39, 0.29) is 6.10 Å². The average Bonchev–Trinajstić information content (AvgIpc) is 2.81. The quantitative estimate of drug-likeness (QED) is 0.675. The highest BCUT2D eigenvalue weighted by Gasteiger charge is 2.59. The van der Waals surface area contributed by atoms with Gasteiger partial charge in [-0.15, -0.1) is 0 Å². The fourth-order valence-corrected chi connectivity index (χ4v) is 7.35. The molecule has 0 aliphatic heterocycles. The van der Waals surface area contributed by atoms with Gasteiger partial charge in [-0.3, -0.25) is 0 Å². The normalized spacial score (nSPS) is 58.6. The Morgan fingerprint density at radius 2 is 1.60 bits per heavy atom. The van der Waals surface area contributed by atoms with Crippen LogP contribution in [0.5, 0.6) is 0 Å². The molecule has 0 aromatic heterocycles. The predicted molar refractivity (Wildman–Crippen MR) is 82.4 cm³/mol. The molecular formula is C19H32O. The van der Waals surface area contributed by atoms with Crippen LogP contribution >= 0.6 is 0 Å². The summed E-state index contributed by atoms with van der Waals surface area (Å²) in [6.07, 6.45) is 13.9. The first-order valence-electron chi connectivity index (χ1n) is 9.23. The van der Waals surface area contributed by atoms with Gasteiger partial charge in [-0.1, -0.05) is 33.1 Å². The van der Waals surface area contributed by atoms with Gasteiger partial charge >= 0.3 is 0 Å². The summed E-state index contributed by atoms with van der Waals surface area (Å²) in [4.78, 5) is 0. The molecule has 4 saturated carbocycles. The lowest BCUT2D eigenvalue weighted by Gasteiger charge is -2.61. The molecule has 1 N–H and O–H groups in total. The first-order chi connectivity index (χ1) is 9.55. The van der Waals surface area contributed by atoms with Gasteiger partial charge in [0.25, 0.3) is 0 Å². The second kappa shape index (κ2) is 4.48. The number of hydrogen-bond acceptors (Lipinski definition) is 1. The summed E-state index contributed by atoms with van der Waals surface area (Å²) in [5.41, 5.74) is 1.09. The highest BCUT2D eigenvalue weighted by molar-refractivity contribution is 5.08. The summed E-state index contributed by atoms with van der Waals surface area (Å²) < 4.78 is 0. The minimum absolute atomic E-state index is 0.00417. The molecule has 4 fully saturated rings. The van der Waals surface area contributed by atoms with E-state index in [2.05, 4.69) is 13.8 Å². The number of fused-ring (bicyclic) bond motifs is 5. The molecule has 20 heavy (non-hydrogen) atoms. The van der Waals surface area contributed by atoms with Crippen LogP contribution in [-0.2, 0) is 0 Å². The molecule has 0 saturated heterocycles. The van der Waals surface area contributed by atoms with Crippen LogP contribution in [0.25, 0.3) is 0 Å². The van der Waals surface area contributed by atoms with E-state index in [0.717, 1.165) is 24.2 Å². The molecule has 0 aromatic rings. The van der Waals surface area contributed by atoms with Crippen molar-refractivity contribution < 1.29 is 5.11 Å². The van der Waals surface area contributed by atoms with Gasteiger partial charge in [-0.05, 0) is 79.4 Å². The Balaban J connectivity index is 1.68. The fourth-order valence-electron chi connectivity index (χ4n) is 7.35. The van der Waals surface area contributed by atoms with E-state index < -0.39 is 0 Å². The topological polar surface area (TPSA) is 20.2 Å². The lowest BCUT2D eigenvalue weighted by atomic mass is 9.45. The second-order valence-corrected chi connectivity index (χ2v) is 9.12. The molecule has 1 nitrogen and oxygen atoms in total. The molecule has 0 unspecified atom stereocenters. The second-order valence-electron chi connectivity index (χ2n) is 9.12. The van der Waals surface area contributed by atoms with E-state index in [1.807, 2.05) is 0 Å². The lowest BCUT2D eigenvalue weighted by Crippen LogP contribution is -2.56. The van der Waals surface area contributed by atoms with Crippen molar-refractivity contribution in [3.05, 3.63) is 0 Å². The van der Waals surface area contributed by atoms with Crippen LogP contribution < -0.4 is 0 Å². The van der Waals surface area contributed by atoms with E-state index >= 15 is 0 Å². The number of hydrogen-bond donors (Lipinski definition) is 1. The van der Waals surface area contributed by atoms with Gasteiger partial charge in [0.05, 0.1) is 6.10 Å². The lowest BCUT2D eigenvalue weighted by molar-refractivity contribution is -0.153. The molecule has 114 valence electrons. The van der Waals surface area contributed by atoms with Crippen LogP contribution in [0.1, 0.15) is 78.1 Å². The monoisotopic (exact) mass is 276 g/mol. The highest BCUT2D eigenvalue weighted by Crippen LogP contribution is 2.66. The van der Waals surface area contributed by atoms with Crippen molar-refractivity contribution in [1.29, 1.82) is 0 Å². The summed E-state index contributed by atoms with van der Waals surface area (Å²) >= 11 is 0. The average molecular weight is 276 g/mol. The van der Waals surface area contributed by atoms with Gasteiger partial charge in [0, 0.05) is 0 Å². The summed E-state index contributed by atoms with van der Waals surface area (Å²) in [5, 5.41) is 10.8. The third-order valence-electron chi connectivity index (χ3n) is 8.37. The molecule has 0 spiro atoms. The maximum Gasteiger partial charge on any atom is 0.0576 e. The maximum atomic E-state index is 10.8. The Hall–Kier alpha value is -0.0400. The van der Waals surface area contributed by atoms with E-state index in [1.54, 1.807) is 0 Å². The standard InChI is InChI=1S/C19H32O/c1-18-9-5-7-14(18)13-12-17(20)16-6-3-4-10-19(16,2)15(13)8-11-18/h13-17,20H,3-12H2,1-2H3/t13-,14-,15-,16+,17-,18-,19+/m0/s1. The molecule has 7 atom stereocenters. The summed E-state index contributed by atoms with van der Waals surface area (Å²) in [7, 11) is 0. The SMILES string of the molecule is C[C@@]12CCC[C@H]1[C@@H]1C[C@H](O)[C@H]3CCCC[C@]3(C)[C@H]1CC2. The Morgan fingerprint density at radius 1 is 0.800 bits per heavy atom. The minimum Gasteiger partial charge on any atom is -0.393 e. The van der Waals surface area contributed by atoms with Gasteiger partial charge in [0.1, 0.15) is 0 Å². The van der Waals surface area contributed by atoms with Crippen molar-refractivity contribution in [3.8, 4) is 0 Å². The molecule has 4 rings (SSSR count). The number of aliphatic hydroxyl groups excluding tert-OH is 1. The predicted octanol–water partition coefficient (Wildman–Crippen LogP) is 4.78. The Bertz CT molecular complexity index is 391. The van der Waals surface area contributed by atoms with Crippen molar-refractivity contribution in [2.75, 3.05) is 0 Å². The Kier molecular flexibility index (Phi) is 3.05. The van der Waals surface area contributed by atoms with Crippen molar-refractivity contribution in [3.63, 3.8) is 0 Å². The Labute approximate surface area is 124 Å². The zero-order chi connectivity index (χ0) is 14.0. The summed E-state index contributed by atoms with van der Waals surface area (Å²) in [5.74, 6) is 3.30. The van der Waals surface area contributed by atoms with Crippen molar-refractivity contribution >= 4 is 0 Å². The van der Waals surface area contributed by atoms with E-state index in [1.165, 1.54) is 57.8 Å². The van der Waals surface area contributed by atoms with Crippen molar-refractivity contribution in [2.45, 2.75) is 84.2 Å². The van der Waals surface area contributed by atoms with Crippen molar-refractivity contribution in [2.24, 2.45) is 34.5 Å². The third kappa shape index (κ3) is 1.71. The first-order valence-corrected chi connectivity index (χ1v) is 9.23. The zero-order valence-electron chi connectivity index (χ0n) is 13.4. The molecular weight excluding hydrogens is 244 g/mol. The Morgan fingerprint density at radius 3 is 2.45 bits per heavy atom. The van der Waals surface area contributed by atoms with Gasteiger partial charge in [-0.2, -0.15) is 0 Å². The largest absolute Gasteiger partial charge is 0.393 e. The van der Waals surface area contributed by atoms with Gasteiger partial charge in [0.15, 0.2) is 0 Å². The smallest absolute Gasteiger partial charge is 0.0576 e. The van der Waals surface area contributed by atoms with Gasteiger partial charge in [-0.25, -0.2) is 0 Å². The van der Waals surface area contributed by atoms with Gasteiger partial charge in [0.2, 0.25) is 0 Å².